The number of hydrogen-bond donors (Lipinski definition) is 1. The first-order valence-corrected chi connectivity index (χ1v) is 8.16. The van der Waals surface area contributed by atoms with Crippen molar-refractivity contribution in [3.8, 4) is 0 Å². The van der Waals surface area contributed by atoms with Crippen molar-refractivity contribution < 1.29 is 22.8 Å². The Balaban J connectivity index is 1.66. The fraction of sp³-hybridized carbons (Fsp3) is 0.263. The summed E-state index contributed by atoms with van der Waals surface area (Å²) in [5.41, 5.74) is 0.501. The van der Waals surface area contributed by atoms with Gasteiger partial charge in [0.2, 0.25) is 0 Å². The highest BCUT2D eigenvalue weighted by atomic mass is 19.4. The predicted octanol–water partition coefficient (Wildman–Crippen LogP) is 3.76. The molecule has 0 radical (unpaired) electrons. The van der Waals surface area contributed by atoms with Crippen molar-refractivity contribution in [3.63, 3.8) is 0 Å². The minimum atomic E-state index is -4.47. The molecular weight excluding hydrogens is 345 g/mol. The van der Waals surface area contributed by atoms with Crippen LogP contribution in [0.25, 0.3) is 0 Å². The maximum Gasteiger partial charge on any atom is 0.416 e. The van der Waals surface area contributed by atoms with Gasteiger partial charge >= 0.3 is 12.2 Å². The van der Waals surface area contributed by atoms with E-state index >= 15 is 0 Å². The number of imide groups is 1. The fourth-order valence-corrected chi connectivity index (χ4v) is 2.91. The summed E-state index contributed by atoms with van der Waals surface area (Å²) in [7, 11) is 0. The van der Waals surface area contributed by atoms with Crippen LogP contribution in [-0.4, -0.2) is 22.9 Å². The molecule has 7 heteroatoms. The molecule has 1 saturated heterocycles. The van der Waals surface area contributed by atoms with Crippen molar-refractivity contribution in [2.45, 2.75) is 31.6 Å². The van der Waals surface area contributed by atoms with Crippen molar-refractivity contribution in [2.24, 2.45) is 0 Å². The number of urea groups is 1. The third kappa shape index (κ3) is 4.04. The number of amides is 3. The molecule has 3 amide bonds. The van der Waals surface area contributed by atoms with E-state index in [4.69, 9.17) is 0 Å². The third-order valence-electron chi connectivity index (χ3n) is 4.27. The van der Waals surface area contributed by atoms with Gasteiger partial charge in [-0.1, -0.05) is 42.5 Å². The van der Waals surface area contributed by atoms with Crippen LogP contribution in [0.3, 0.4) is 0 Å². The van der Waals surface area contributed by atoms with Gasteiger partial charge in [0.15, 0.2) is 0 Å². The molecule has 4 nitrogen and oxygen atoms in total. The molecule has 0 saturated carbocycles. The van der Waals surface area contributed by atoms with E-state index in [0.29, 0.717) is 12.8 Å². The van der Waals surface area contributed by atoms with E-state index in [1.807, 2.05) is 30.3 Å². The van der Waals surface area contributed by atoms with Gasteiger partial charge < -0.3 is 5.32 Å². The smallest absolute Gasteiger partial charge is 0.326 e. The molecular formula is C19H17F3N2O2. The molecule has 2 aromatic carbocycles. The SMILES string of the molecule is O=C1N[C@@H](CCc2ccccc2)C(=O)N1Cc1cccc(C(F)(F)F)c1. The van der Waals surface area contributed by atoms with Crippen LogP contribution in [0.5, 0.6) is 0 Å². The molecule has 1 heterocycles. The molecule has 1 N–H and O–H groups in total. The summed E-state index contributed by atoms with van der Waals surface area (Å²) < 4.78 is 38.4. The highest BCUT2D eigenvalue weighted by molar-refractivity contribution is 6.04. The van der Waals surface area contributed by atoms with Gasteiger partial charge in [-0.2, -0.15) is 13.2 Å². The van der Waals surface area contributed by atoms with Gasteiger partial charge in [0.25, 0.3) is 5.91 Å². The average molecular weight is 362 g/mol. The van der Waals surface area contributed by atoms with Gasteiger partial charge in [0, 0.05) is 0 Å². The second kappa shape index (κ2) is 7.19. The lowest BCUT2D eigenvalue weighted by atomic mass is 10.1. The van der Waals surface area contributed by atoms with Crippen molar-refractivity contribution in [1.29, 1.82) is 0 Å². The van der Waals surface area contributed by atoms with Crippen LogP contribution in [0.2, 0.25) is 0 Å². The van der Waals surface area contributed by atoms with Crippen molar-refractivity contribution in [3.05, 3.63) is 71.3 Å². The van der Waals surface area contributed by atoms with E-state index in [2.05, 4.69) is 5.32 Å². The van der Waals surface area contributed by atoms with Gasteiger partial charge in [-0.05, 0) is 36.1 Å². The monoisotopic (exact) mass is 362 g/mol. The summed E-state index contributed by atoms with van der Waals surface area (Å²) >= 11 is 0. The number of nitrogens with zero attached hydrogens (tertiary/aromatic N) is 1. The lowest BCUT2D eigenvalue weighted by Gasteiger charge is -2.14. The number of nitrogens with one attached hydrogen (secondary N) is 1. The van der Waals surface area contributed by atoms with Crippen molar-refractivity contribution in [2.75, 3.05) is 0 Å². The topological polar surface area (TPSA) is 49.4 Å². The van der Waals surface area contributed by atoms with Crippen LogP contribution in [-0.2, 0) is 23.9 Å². The Morgan fingerprint density at radius 3 is 2.35 bits per heavy atom. The second-order valence-corrected chi connectivity index (χ2v) is 6.15. The molecule has 1 fully saturated rings. The van der Waals surface area contributed by atoms with Gasteiger partial charge in [0.1, 0.15) is 6.04 Å². The van der Waals surface area contributed by atoms with Crippen LogP contribution < -0.4 is 5.32 Å². The minimum absolute atomic E-state index is 0.184. The van der Waals surface area contributed by atoms with Gasteiger partial charge in [-0.15, -0.1) is 0 Å². The van der Waals surface area contributed by atoms with Crippen LogP contribution in [0.4, 0.5) is 18.0 Å². The number of rotatable bonds is 5. The van der Waals surface area contributed by atoms with Gasteiger partial charge in [0.05, 0.1) is 12.1 Å². The van der Waals surface area contributed by atoms with Crippen LogP contribution in [0.15, 0.2) is 54.6 Å². The van der Waals surface area contributed by atoms with E-state index in [1.54, 1.807) is 0 Å². The number of hydrogen-bond acceptors (Lipinski definition) is 2. The standard InChI is InChI=1S/C19H17F3N2O2/c20-19(21,22)15-8-4-7-14(11-15)12-24-17(25)16(23-18(24)26)10-9-13-5-2-1-3-6-13/h1-8,11,16H,9-10,12H2,(H,23,26)/t16-/m0/s1. The highest BCUT2D eigenvalue weighted by Crippen LogP contribution is 2.30. The Bertz CT molecular complexity index is 806. The van der Waals surface area contributed by atoms with Crippen LogP contribution in [0, 0.1) is 0 Å². The molecule has 2 aromatic rings. The highest BCUT2D eigenvalue weighted by Gasteiger charge is 2.38. The van der Waals surface area contributed by atoms with E-state index in [1.165, 1.54) is 12.1 Å². The summed E-state index contributed by atoms with van der Waals surface area (Å²) in [4.78, 5) is 25.5. The Hall–Kier alpha value is -2.83. The number of halogens is 3. The normalized spacial score (nSPS) is 17.5. The van der Waals surface area contributed by atoms with Gasteiger partial charge in [-0.25, -0.2) is 4.79 Å². The molecule has 1 aliphatic rings. The van der Waals surface area contributed by atoms with Crippen LogP contribution in [0.1, 0.15) is 23.1 Å². The lowest BCUT2D eigenvalue weighted by molar-refractivity contribution is -0.137. The van der Waals surface area contributed by atoms with E-state index < -0.39 is 29.7 Å². The molecule has 0 aromatic heterocycles. The first-order valence-electron chi connectivity index (χ1n) is 8.16. The zero-order chi connectivity index (χ0) is 18.7. The average Bonchev–Trinajstić information content (AvgIpc) is 2.88. The Morgan fingerprint density at radius 2 is 1.65 bits per heavy atom. The predicted molar refractivity (Wildman–Crippen MR) is 89.1 cm³/mol. The fourth-order valence-electron chi connectivity index (χ4n) is 2.91. The number of alkyl halides is 3. The lowest BCUT2D eigenvalue weighted by Crippen LogP contribution is -2.31. The van der Waals surface area contributed by atoms with E-state index in [0.717, 1.165) is 22.6 Å². The minimum Gasteiger partial charge on any atom is -0.326 e. The van der Waals surface area contributed by atoms with Crippen LogP contribution >= 0.6 is 0 Å². The molecule has 1 aliphatic heterocycles. The molecule has 3 rings (SSSR count). The number of benzene rings is 2. The van der Waals surface area contributed by atoms with E-state index in [-0.39, 0.29) is 12.1 Å². The van der Waals surface area contributed by atoms with Crippen molar-refractivity contribution in [1.82, 2.24) is 10.2 Å². The quantitative estimate of drug-likeness (QED) is 0.824. The third-order valence-corrected chi connectivity index (χ3v) is 4.27. The first-order chi connectivity index (χ1) is 12.3. The molecule has 136 valence electrons. The maximum atomic E-state index is 12.8. The zero-order valence-electron chi connectivity index (χ0n) is 13.8. The molecule has 0 bridgehead atoms. The molecule has 0 aliphatic carbocycles. The number of aryl methyl sites for hydroxylation is 1. The maximum absolute atomic E-state index is 12.8. The molecule has 26 heavy (non-hydrogen) atoms. The Kier molecular flexibility index (Phi) is 4.97. The number of carbonyl (C=O) groups excluding carboxylic acids is 2. The second-order valence-electron chi connectivity index (χ2n) is 6.15. The Morgan fingerprint density at radius 1 is 0.962 bits per heavy atom. The summed E-state index contributed by atoms with van der Waals surface area (Å²) in [6.45, 7) is -0.184. The Labute approximate surface area is 148 Å². The summed E-state index contributed by atoms with van der Waals surface area (Å²) in [6, 6.07) is 13.0. The molecule has 1 atom stereocenters. The summed E-state index contributed by atoms with van der Waals surface area (Å²) in [5.74, 6) is -0.414. The first kappa shape index (κ1) is 18.0. The molecule has 0 spiro atoms. The van der Waals surface area contributed by atoms with Gasteiger partial charge in [-0.3, -0.25) is 9.69 Å². The van der Waals surface area contributed by atoms with E-state index in [9.17, 15) is 22.8 Å². The number of carbonyl (C=O) groups is 2. The summed E-state index contributed by atoms with van der Waals surface area (Å²) in [6.07, 6.45) is -3.41. The summed E-state index contributed by atoms with van der Waals surface area (Å²) in [5, 5.41) is 2.60. The zero-order valence-corrected chi connectivity index (χ0v) is 13.8. The molecule has 0 unspecified atom stereocenters. The van der Waals surface area contributed by atoms with Crippen molar-refractivity contribution >= 4 is 11.9 Å². The largest absolute Gasteiger partial charge is 0.416 e.